The minimum atomic E-state index is 0.0799. The fraction of sp³-hybridized carbons (Fsp3) is 0.400. The fourth-order valence-electron chi connectivity index (χ4n) is 1.15. The van der Waals surface area contributed by atoms with Crippen LogP contribution in [0.1, 0.15) is 6.42 Å². The van der Waals surface area contributed by atoms with Crippen molar-refractivity contribution in [3.63, 3.8) is 0 Å². The lowest BCUT2D eigenvalue weighted by Crippen LogP contribution is -2.24. The van der Waals surface area contributed by atoms with Gasteiger partial charge in [-0.3, -0.25) is 9.78 Å². The number of halogens is 1. The van der Waals surface area contributed by atoms with Crippen LogP contribution < -0.4 is 11.1 Å². The number of hydrogen-bond acceptors (Lipinski definition) is 4. The second-order valence-corrected chi connectivity index (χ2v) is 4.40. The average molecular weight is 287 g/mol. The smallest absolute Gasteiger partial charge is 0.223 e. The molecule has 6 heteroatoms. The molecule has 1 aromatic rings. The van der Waals surface area contributed by atoms with Crippen LogP contribution in [0.5, 0.6) is 0 Å². The van der Waals surface area contributed by atoms with Gasteiger partial charge in [0.2, 0.25) is 5.91 Å². The molecular formula is C10H15BrN4O. The van der Waals surface area contributed by atoms with Gasteiger partial charge in [-0.1, -0.05) is 0 Å². The maximum absolute atomic E-state index is 11.3. The Morgan fingerprint density at radius 1 is 1.56 bits per heavy atom. The molecule has 0 fully saturated rings. The van der Waals surface area contributed by atoms with Crippen molar-refractivity contribution in [1.82, 2.24) is 9.88 Å². The molecule has 0 atom stereocenters. The third-order valence-electron chi connectivity index (χ3n) is 2.07. The maximum atomic E-state index is 11.3. The minimum absolute atomic E-state index is 0.0799. The molecule has 5 nitrogen and oxygen atoms in total. The molecule has 1 heterocycles. The summed E-state index contributed by atoms with van der Waals surface area (Å²) in [5, 5.41) is 3.11. The minimum Gasteiger partial charge on any atom is -0.396 e. The zero-order valence-corrected chi connectivity index (χ0v) is 10.9. The maximum Gasteiger partial charge on any atom is 0.223 e. The van der Waals surface area contributed by atoms with Crippen molar-refractivity contribution in [3.05, 3.63) is 16.9 Å². The highest BCUT2D eigenvalue weighted by Crippen LogP contribution is 2.26. The lowest BCUT2D eigenvalue weighted by Gasteiger charge is -2.13. The van der Waals surface area contributed by atoms with E-state index in [1.165, 1.54) is 0 Å². The van der Waals surface area contributed by atoms with Crippen LogP contribution in [0.3, 0.4) is 0 Å². The van der Waals surface area contributed by atoms with Gasteiger partial charge in [-0.25, -0.2) is 0 Å². The molecule has 0 bridgehead atoms. The molecule has 1 amide bonds. The van der Waals surface area contributed by atoms with Crippen molar-refractivity contribution in [1.29, 1.82) is 0 Å². The van der Waals surface area contributed by atoms with Crippen LogP contribution in [-0.4, -0.2) is 36.4 Å². The predicted octanol–water partition coefficient (Wildman–Crippen LogP) is 1.32. The van der Waals surface area contributed by atoms with Crippen molar-refractivity contribution in [2.75, 3.05) is 31.7 Å². The standard InChI is InChI=1S/C10H15BrN4O/c1-15(2)9(16)3-4-14-10-7(11)5-13-6-8(10)12/h5-6H,3-4,12H2,1-2H3,(H,13,14). The van der Waals surface area contributed by atoms with Crippen LogP contribution in [-0.2, 0) is 4.79 Å². The van der Waals surface area contributed by atoms with Gasteiger partial charge >= 0.3 is 0 Å². The number of pyridine rings is 1. The zero-order valence-electron chi connectivity index (χ0n) is 9.33. The van der Waals surface area contributed by atoms with Crippen molar-refractivity contribution >= 4 is 33.2 Å². The summed E-state index contributed by atoms with van der Waals surface area (Å²) in [6, 6.07) is 0. The van der Waals surface area contributed by atoms with E-state index in [0.717, 1.165) is 10.2 Å². The van der Waals surface area contributed by atoms with E-state index in [1.807, 2.05) is 0 Å². The Balaban J connectivity index is 2.52. The number of nitrogens with zero attached hydrogens (tertiary/aromatic N) is 2. The first-order chi connectivity index (χ1) is 7.52. The molecule has 0 aliphatic heterocycles. The topological polar surface area (TPSA) is 71.2 Å². The molecule has 3 N–H and O–H groups in total. The monoisotopic (exact) mass is 286 g/mol. The van der Waals surface area contributed by atoms with Gasteiger partial charge in [-0.05, 0) is 15.9 Å². The van der Waals surface area contributed by atoms with Gasteiger partial charge in [0.15, 0.2) is 0 Å². The van der Waals surface area contributed by atoms with Crippen molar-refractivity contribution < 1.29 is 4.79 Å². The SMILES string of the molecule is CN(C)C(=O)CCNc1c(N)cncc1Br. The van der Waals surface area contributed by atoms with Crippen LogP contribution in [0.25, 0.3) is 0 Å². The van der Waals surface area contributed by atoms with E-state index in [-0.39, 0.29) is 5.91 Å². The van der Waals surface area contributed by atoms with E-state index >= 15 is 0 Å². The van der Waals surface area contributed by atoms with Crippen molar-refractivity contribution in [2.24, 2.45) is 0 Å². The number of nitrogen functional groups attached to an aromatic ring is 1. The molecule has 0 aliphatic carbocycles. The first kappa shape index (κ1) is 12.8. The molecule has 0 spiro atoms. The average Bonchev–Trinajstić information content (AvgIpc) is 2.22. The molecule has 88 valence electrons. The Hall–Kier alpha value is -1.30. The lowest BCUT2D eigenvalue weighted by molar-refractivity contribution is -0.128. The summed E-state index contributed by atoms with van der Waals surface area (Å²) in [7, 11) is 3.47. The van der Waals surface area contributed by atoms with E-state index in [1.54, 1.807) is 31.4 Å². The molecule has 16 heavy (non-hydrogen) atoms. The van der Waals surface area contributed by atoms with Gasteiger partial charge in [0, 0.05) is 33.3 Å². The van der Waals surface area contributed by atoms with Crippen LogP contribution in [0.4, 0.5) is 11.4 Å². The molecule has 0 unspecified atom stereocenters. The van der Waals surface area contributed by atoms with Crippen molar-refractivity contribution in [3.8, 4) is 0 Å². The Morgan fingerprint density at radius 3 is 2.81 bits per heavy atom. The zero-order chi connectivity index (χ0) is 12.1. The number of amides is 1. The largest absolute Gasteiger partial charge is 0.396 e. The molecule has 0 aromatic carbocycles. The number of rotatable bonds is 4. The predicted molar refractivity (Wildman–Crippen MR) is 68.2 cm³/mol. The molecule has 0 aliphatic rings. The van der Waals surface area contributed by atoms with Gasteiger partial charge in [-0.2, -0.15) is 0 Å². The van der Waals surface area contributed by atoms with E-state index < -0.39 is 0 Å². The summed E-state index contributed by atoms with van der Waals surface area (Å²) < 4.78 is 0.796. The summed E-state index contributed by atoms with van der Waals surface area (Å²) in [6.07, 6.45) is 3.66. The fourth-order valence-corrected chi connectivity index (χ4v) is 1.64. The van der Waals surface area contributed by atoms with Gasteiger partial charge in [0.05, 0.1) is 22.0 Å². The third-order valence-corrected chi connectivity index (χ3v) is 2.67. The van der Waals surface area contributed by atoms with Gasteiger partial charge in [-0.15, -0.1) is 0 Å². The third kappa shape index (κ3) is 3.37. The number of anilines is 2. The van der Waals surface area contributed by atoms with E-state index in [2.05, 4.69) is 26.2 Å². The normalized spacial score (nSPS) is 9.94. The Morgan fingerprint density at radius 2 is 2.25 bits per heavy atom. The second kappa shape index (κ2) is 5.69. The van der Waals surface area contributed by atoms with E-state index in [0.29, 0.717) is 18.7 Å². The highest BCUT2D eigenvalue weighted by Gasteiger charge is 2.06. The van der Waals surface area contributed by atoms with Gasteiger partial charge in [0.25, 0.3) is 0 Å². The highest BCUT2D eigenvalue weighted by molar-refractivity contribution is 9.10. The van der Waals surface area contributed by atoms with Gasteiger partial charge in [0.1, 0.15) is 0 Å². The lowest BCUT2D eigenvalue weighted by atomic mass is 10.3. The molecule has 0 saturated carbocycles. The second-order valence-electron chi connectivity index (χ2n) is 3.55. The van der Waals surface area contributed by atoms with Crippen LogP contribution in [0.15, 0.2) is 16.9 Å². The number of nitrogens with two attached hydrogens (primary N) is 1. The van der Waals surface area contributed by atoms with E-state index in [9.17, 15) is 4.79 Å². The summed E-state index contributed by atoms with van der Waals surface area (Å²) in [6.45, 7) is 0.545. The van der Waals surface area contributed by atoms with Crippen molar-refractivity contribution in [2.45, 2.75) is 6.42 Å². The first-order valence-corrected chi connectivity index (χ1v) is 5.64. The first-order valence-electron chi connectivity index (χ1n) is 4.85. The van der Waals surface area contributed by atoms with Crippen LogP contribution in [0.2, 0.25) is 0 Å². The highest BCUT2D eigenvalue weighted by atomic mass is 79.9. The number of nitrogens with one attached hydrogen (secondary N) is 1. The molecule has 0 radical (unpaired) electrons. The molecular weight excluding hydrogens is 272 g/mol. The number of carbonyl (C=O) groups excluding carboxylic acids is 1. The summed E-state index contributed by atoms with van der Waals surface area (Å²) in [5.41, 5.74) is 7.09. The Labute approximate surface area is 103 Å². The summed E-state index contributed by atoms with van der Waals surface area (Å²) in [4.78, 5) is 16.8. The number of hydrogen-bond donors (Lipinski definition) is 2. The molecule has 0 saturated heterocycles. The van der Waals surface area contributed by atoms with Crippen LogP contribution >= 0.6 is 15.9 Å². The Kier molecular flexibility index (Phi) is 4.54. The number of aromatic nitrogens is 1. The molecule has 1 aromatic heterocycles. The van der Waals surface area contributed by atoms with Crippen LogP contribution in [0, 0.1) is 0 Å². The quantitative estimate of drug-likeness (QED) is 0.876. The molecule has 1 rings (SSSR count). The number of carbonyl (C=O) groups is 1. The van der Waals surface area contributed by atoms with Gasteiger partial charge < -0.3 is 16.0 Å². The Bertz CT molecular complexity index is 361. The summed E-state index contributed by atoms with van der Waals surface area (Å²) in [5.74, 6) is 0.0799. The van der Waals surface area contributed by atoms with E-state index in [4.69, 9.17) is 5.73 Å². The summed E-state index contributed by atoms with van der Waals surface area (Å²) >= 11 is 3.34.